The van der Waals surface area contributed by atoms with Crippen molar-refractivity contribution in [1.29, 1.82) is 0 Å². The molecule has 1 N–H and O–H groups in total. The third kappa shape index (κ3) is 4.37. The maximum atomic E-state index is 12.7. The van der Waals surface area contributed by atoms with Crippen LogP contribution in [0.2, 0.25) is 0 Å². The van der Waals surface area contributed by atoms with Gasteiger partial charge in [0.25, 0.3) is 0 Å². The maximum Gasteiger partial charge on any atom is 0.331 e. The van der Waals surface area contributed by atoms with Crippen molar-refractivity contribution in [2.45, 2.75) is 25.0 Å². The number of hydrogen-bond donors (Lipinski definition) is 1. The summed E-state index contributed by atoms with van der Waals surface area (Å²) in [5.74, 6) is -0.143. The molecule has 158 valence electrons. The molecule has 8 heteroatoms. The monoisotopic (exact) mass is 412 g/mol. The van der Waals surface area contributed by atoms with Crippen LogP contribution in [0.25, 0.3) is 0 Å². The molecule has 2 atom stereocenters. The lowest BCUT2D eigenvalue weighted by Gasteiger charge is -2.45. The van der Waals surface area contributed by atoms with Crippen LogP contribution in [0.15, 0.2) is 48.5 Å². The van der Waals surface area contributed by atoms with Gasteiger partial charge < -0.3 is 24.4 Å². The first-order valence-electron chi connectivity index (χ1n) is 9.41. The number of carbonyl (C=O) groups excluding carboxylic acids is 3. The average Bonchev–Trinajstić information content (AvgIpc) is 2.78. The molecule has 1 heterocycles. The summed E-state index contributed by atoms with van der Waals surface area (Å²) in [6.45, 7) is 0.136. The molecule has 8 nitrogen and oxygen atoms in total. The summed E-state index contributed by atoms with van der Waals surface area (Å²) in [7, 11) is 4.31. The number of carbonyl (C=O) groups is 3. The Labute approximate surface area is 174 Å². The summed E-state index contributed by atoms with van der Waals surface area (Å²) in [6, 6.07) is 12.5. The minimum absolute atomic E-state index is 0.116. The zero-order valence-corrected chi connectivity index (χ0v) is 17.1. The van der Waals surface area contributed by atoms with Gasteiger partial charge in [-0.2, -0.15) is 0 Å². The van der Waals surface area contributed by atoms with Crippen molar-refractivity contribution in [3.8, 4) is 11.5 Å². The molecule has 1 saturated heterocycles. The number of nitrogens with one attached hydrogen (secondary N) is 1. The quantitative estimate of drug-likeness (QED) is 0.519. The minimum Gasteiger partial charge on any atom is -0.497 e. The van der Waals surface area contributed by atoms with Gasteiger partial charge in [-0.3, -0.25) is 9.59 Å². The molecule has 0 saturated carbocycles. The van der Waals surface area contributed by atoms with E-state index in [1.165, 1.54) is 19.1 Å². The van der Waals surface area contributed by atoms with Crippen molar-refractivity contribution in [1.82, 2.24) is 10.2 Å². The number of esters is 1. The van der Waals surface area contributed by atoms with E-state index in [9.17, 15) is 14.4 Å². The van der Waals surface area contributed by atoms with Gasteiger partial charge in [0.2, 0.25) is 11.8 Å². The van der Waals surface area contributed by atoms with Gasteiger partial charge >= 0.3 is 5.97 Å². The normalized spacial score (nSPS) is 17.7. The molecule has 30 heavy (non-hydrogen) atoms. The third-order valence-electron chi connectivity index (χ3n) is 5.00. The van der Waals surface area contributed by atoms with Crippen LogP contribution >= 0.6 is 0 Å². The van der Waals surface area contributed by atoms with E-state index in [1.54, 1.807) is 25.3 Å². The lowest BCUT2D eigenvalue weighted by Crippen LogP contribution is -2.73. The van der Waals surface area contributed by atoms with Crippen molar-refractivity contribution in [2.75, 3.05) is 21.3 Å². The highest BCUT2D eigenvalue weighted by atomic mass is 16.5. The summed E-state index contributed by atoms with van der Waals surface area (Å²) in [5.41, 5.74) is 1.52. The maximum absolute atomic E-state index is 12.7. The highest BCUT2D eigenvalue weighted by Gasteiger charge is 2.53. The molecule has 2 aromatic carbocycles. The topological polar surface area (TPSA) is 94.2 Å². The Morgan fingerprint density at radius 3 is 2.40 bits per heavy atom. The first kappa shape index (κ1) is 21.2. The van der Waals surface area contributed by atoms with E-state index in [1.807, 2.05) is 30.3 Å². The molecule has 3 rings (SSSR count). The third-order valence-corrected chi connectivity index (χ3v) is 5.00. The second kappa shape index (κ2) is 9.30. The van der Waals surface area contributed by atoms with Crippen molar-refractivity contribution in [3.05, 3.63) is 59.7 Å². The van der Waals surface area contributed by atoms with E-state index >= 15 is 0 Å². The van der Waals surface area contributed by atoms with Gasteiger partial charge in [0.1, 0.15) is 17.5 Å². The molecule has 0 unspecified atom stereocenters. The molecular formula is C22H24N2O6. The standard InChI is InChI=1S/C22H24N2O6/c1-28-16-10-9-15(17(12-16)29-2)13-24-20(22(27)30-3)19(21(24)26)23-18(25)11-14-7-5-4-6-8-14/h4-10,12,19-20H,11,13H2,1-3H3,(H,23,25)/t19-,20-/m1/s1. The van der Waals surface area contributed by atoms with Gasteiger partial charge in [-0.15, -0.1) is 0 Å². The van der Waals surface area contributed by atoms with Crippen LogP contribution in [0.5, 0.6) is 11.5 Å². The molecule has 2 amide bonds. The highest BCUT2D eigenvalue weighted by Crippen LogP contribution is 2.30. The van der Waals surface area contributed by atoms with Crippen LogP contribution < -0.4 is 14.8 Å². The van der Waals surface area contributed by atoms with Crippen LogP contribution in [0.4, 0.5) is 0 Å². The molecule has 2 aromatic rings. The number of benzene rings is 2. The molecule has 0 aromatic heterocycles. The number of nitrogens with zero attached hydrogens (tertiary/aromatic N) is 1. The number of ether oxygens (including phenoxy) is 3. The lowest BCUT2D eigenvalue weighted by atomic mass is 9.93. The van der Waals surface area contributed by atoms with Crippen LogP contribution in [0, 0.1) is 0 Å². The molecule has 1 aliphatic rings. The molecular weight excluding hydrogens is 388 g/mol. The van der Waals surface area contributed by atoms with Crippen LogP contribution in [0.3, 0.4) is 0 Å². The van der Waals surface area contributed by atoms with Gasteiger partial charge in [-0.25, -0.2) is 4.79 Å². The van der Waals surface area contributed by atoms with E-state index in [2.05, 4.69) is 5.32 Å². The largest absolute Gasteiger partial charge is 0.497 e. The second-order valence-corrected chi connectivity index (χ2v) is 6.82. The summed E-state index contributed by atoms with van der Waals surface area (Å²) in [4.78, 5) is 38.8. The van der Waals surface area contributed by atoms with Crippen LogP contribution in [-0.4, -0.2) is 56.1 Å². The molecule has 1 aliphatic heterocycles. The second-order valence-electron chi connectivity index (χ2n) is 6.82. The number of rotatable bonds is 8. The van der Waals surface area contributed by atoms with Gasteiger partial charge in [0.15, 0.2) is 6.04 Å². The fourth-order valence-electron chi connectivity index (χ4n) is 3.42. The Balaban J connectivity index is 1.73. The Hall–Kier alpha value is -3.55. The smallest absolute Gasteiger partial charge is 0.331 e. The van der Waals surface area contributed by atoms with E-state index < -0.39 is 18.1 Å². The first-order chi connectivity index (χ1) is 14.5. The zero-order chi connectivity index (χ0) is 21.7. The fourth-order valence-corrected chi connectivity index (χ4v) is 3.42. The molecule has 0 spiro atoms. The number of likely N-dealkylation sites (tertiary alicyclic amines) is 1. The number of hydrogen-bond acceptors (Lipinski definition) is 6. The average molecular weight is 412 g/mol. The van der Waals surface area contributed by atoms with E-state index in [-0.39, 0.29) is 24.8 Å². The zero-order valence-electron chi connectivity index (χ0n) is 17.1. The minimum atomic E-state index is -0.960. The predicted octanol–water partition coefficient (Wildman–Crippen LogP) is 1.32. The van der Waals surface area contributed by atoms with Crippen LogP contribution in [-0.2, 0) is 32.1 Å². The Bertz CT molecular complexity index is 930. The Morgan fingerprint density at radius 1 is 1.03 bits per heavy atom. The summed E-state index contributed by atoms with van der Waals surface area (Å²) in [5, 5.41) is 2.66. The number of β-lactam (4-membered cyclic amide) rings is 1. The summed E-state index contributed by atoms with van der Waals surface area (Å²) < 4.78 is 15.4. The molecule has 0 radical (unpaired) electrons. The Morgan fingerprint density at radius 2 is 1.77 bits per heavy atom. The molecule has 0 aliphatic carbocycles. The highest BCUT2D eigenvalue weighted by molar-refractivity contribution is 6.02. The van der Waals surface area contributed by atoms with E-state index in [4.69, 9.17) is 14.2 Å². The number of methoxy groups -OCH3 is 3. The molecule has 0 bridgehead atoms. The summed E-state index contributed by atoms with van der Waals surface area (Å²) >= 11 is 0. The summed E-state index contributed by atoms with van der Waals surface area (Å²) in [6.07, 6.45) is 0.116. The SMILES string of the molecule is COC(=O)[C@H]1[C@@H](NC(=O)Cc2ccccc2)C(=O)N1Cc1ccc(OC)cc1OC. The first-order valence-corrected chi connectivity index (χ1v) is 9.41. The van der Waals surface area contributed by atoms with Gasteiger partial charge in [-0.05, 0) is 17.7 Å². The fraction of sp³-hybridized carbons (Fsp3) is 0.318. The van der Waals surface area contributed by atoms with Crippen LogP contribution in [0.1, 0.15) is 11.1 Å². The predicted molar refractivity (Wildman–Crippen MR) is 108 cm³/mol. The van der Waals surface area contributed by atoms with Gasteiger partial charge in [-0.1, -0.05) is 30.3 Å². The van der Waals surface area contributed by atoms with Crippen molar-refractivity contribution in [3.63, 3.8) is 0 Å². The Kier molecular flexibility index (Phi) is 6.56. The number of amides is 2. The van der Waals surface area contributed by atoms with Crippen molar-refractivity contribution >= 4 is 17.8 Å². The van der Waals surface area contributed by atoms with Crippen molar-refractivity contribution in [2.24, 2.45) is 0 Å². The van der Waals surface area contributed by atoms with E-state index in [0.29, 0.717) is 17.1 Å². The molecule has 1 fully saturated rings. The van der Waals surface area contributed by atoms with E-state index in [0.717, 1.165) is 5.56 Å². The lowest BCUT2D eigenvalue weighted by molar-refractivity contribution is -0.170. The van der Waals surface area contributed by atoms with Crippen molar-refractivity contribution < 1.29 is 28.6 Å². The van der Waals surface area contributed by atoms with Gasteiger partial charge in [0, 0.05) is 11.6 Å². The van der Waals surface area contributed by atoms with Gasteiger partial charge in [0.05, 0.1) is 34.3 Å².